The largest absolute Gasteiger partial charge is 0.358 e. The highest BCUT2D eigenvalue weighted by Crippen LogP contribution is 2.50. The van der Waals surface area contributed by atoms with Gasteiger partial charge >= 0.3 is 0 Å². The molecule has 0 bridgehead atoms. The molecule has 3 nitrogen and oxygen atoms in total. The van der Waals surface area contributed by atoms with Crippen molar-refractivity contribution in [2.75, 3.05) is 36.4 Å². The first-order valence-electron chi connectivity index (χ1n) is 12.0. The molecule has 4 heteroatoms. The van der Waals surface area contributed by atoms with Gasteiger partial charge in [-0.2, -0.15) is 0 Å². The van der Waals surface area contributed by atoms with E-state index in [-0.39, 0.29) is 5.41 Å². The molecular weight excluding hydrogens is 414 g/mol. The van der Waals surface area contributed by atoms with E-state index >= 15 is 0 Å². The zero-order valence-corrected chi connectivity index (χ0v) is 20.0. The van der Waals surface area contributed by atoms with E-state index in [0.29, 0.717) is 0 Å². The lowest BCUT2D eigenvalue weighted by molar-refractivity contribution is 0.179. The van der Waals surface area contributed by atoms with Crippen LogP contribution in [0.1, 0.15) is 49.3 Å². The summed E-state index contributed by atoms with van der Waals surface area (Å²) < 4.78 is 0. The van der Waals surface area contributed by atoms with Gasteiger partial charge in [0.15, 0.2) is 0 Å². The molecule has 1 spiro atoms. The Morgan fingerprint density at radius 2 is 1.94 bits per heavy atom. The van der Waals surface area contributed by atoms with Crippen LogP contribution in [-0.2, 0) is 18.3 Å². The molecule has 2 aromatic carbocycles. The Bertz CT molecular complexity index is 1050. The van der Waals surface area contributed by atoms with Gasteiger partial charge < -0.3 is 15.1 Å². The lowest BCUT2D eigenvalue weighted by Gasteiger charge is -2.40. The normalized spacial score (nSPS) is 19.6. The summed E-state index contributed by atoms with van der Waals surface area (Å²) in [6.07, 6.45) is 6.98. The van der Waals surface area contributed by atoms with Gasteiger partial charge in [-0.25, -0.2) is 0 Å². The fraction of sp³-hybridized carbons (Fsp3) is 0.429. The lowest BCUT2D eigenvalue weighted by Crippen LogP contribution is -2.43. The summed E-state index contributed by atoms with van der Waals surface area (Å²) in [5.74, 6) is 0. The quantitative estimate of drug-likeness (QED) is 0.561. The number of nitrogens with zero attached hydrogens (tertiary/aromatic N) is 2. The second-order valence-electron chi connectivity index (χ2n) is 9.77. The van der Waals surface area contributed by atoms with Crippen LogP contribution >= 0.6 is 11.6 Å². The van der Waals surface area contributed by atoms with Crippen molar-refractivity contribution >= 4 is 23.0 Å². The van der Waals surface area contributed by atoms with Crippen molar-refractivity contribution in [3.63, 3.8) is 0 Å². The Morgan fingerprint density at radius 3 is 2.72 bits per heavy atom. The number of allylic oxidation sites excluding steroid dienone is 2. The number of piperidine rings is 1. The highest BCUT2D eigenvalue weighted by Gasteiger charge is 2.44. The molecule has 3 aliphatic rings. The van der Waals surface area contributed by atoms with Crippen molar-refractivity contribution in [1.29, 1.82) is 0 Å². The molecule has 0 unspecified atom stereocenters. The number of benzene rings is 2. The molecule has 168 valence electrons. The van der Waals surface area contributed by atoms with Crippen molar-refractivity contribution in [1.82, 2.24) is 4.90 Å². The minimum Gasteiger partial charge on any atom is -0.358 e. The van der Waals surface area contributed by atoms with Gasteiger partial charge in [0, 0.05) is 39.8 Å². The Hall–Kier alpha value is -2.23. The Kier molecular flexibility index (Phi) is 5.81. The molecule has 2 aromatic rings. The molecule has 0 radical (unpaired) electrons. The van der Waals surface area contributed by atoms with E-state index in [1.165, 1.54) is 47.3 Å². The van der Waals surface area contributed by atoms with Gasteiger partial charge in [0.1, 0.15) is 0 Å². The molecule has 32 heavy (non-hydrogen) atoms. The molecule has 3 aliphatic heterocycles. The summed E-state index contributed by atoms with van der Waals surface area (Å²) in [5.41, 5.74) is 9.18. The summed E-state index contributed by atoms with van der Waals surface area (Å²) >= 11 is 6.32. The zero-order chi connectivity index (χ0) is 22.3. The van der Waals surface area contributed by atoms with Crippen LogP contribution < -0.4 is 10.2 Å². The third-order valence-corrected chi connectivity index (χ3v) is 7.97. The molecule has 1 saturated heterocycles. The summed E-state index contributed by atoms with van der Waals surface area (Å²) in [4.78, 5) is 4.99. The number of nitrogens with one attached hydrogen (secondary N) is 1. The van der Waals surface area contributed by atoms with Gasteiger partial charge in [-0.15, -0.1) is 0 Å². The average molecular weight is 448 g/mol. The van der Waals surface area contributed by atoms with Gasteiger partial charge in [-0.1, -0.05) is 36.9 Å². The first-order valence-corrected chi connectivity index (χ1v) is 12.4. The fourth-order valence-electron chi connectivity index (χ4n) is 5.90. The van der Waals surface area contributed by atoms with E-state index in [1.54, 1.807) is 0 Å². The molecule has 0 saturated carbocycles. The minimum absolute atomic E-state index is 0.0460. The highest BCUT2D eigenvalue weighted by molar-refractivity contribution is 6.30. The van der Waals surface area contributed by atoms with Gasteiger partial charge in [-0.3, -0.25) is 0 Å². The van der Waals surface area contributed by atoms with E-state index in [9.17, 15) is 0 Å². The Balaban J connectivity index is 1.17. The lowest BCUT2D eigenvalue weighted by atomic mass is 9.72. The monoisotopic (exact) mass is 447 g/mol. The number of rotatable bonds is 5. The van der Waals surface area contributed by atoms with Crippen LogP contribution in [0, 0.1) is 0 Å². The summed E-state index contributed by atoms with van der Waals surface area (Å²) in [5, 5.41) is 4.34. The molecular formula is C28H34ClN3. The molecule has 0 atom stereocenters. The van der Waals surface area contributed by atoms with Crippen LogP contribution in [0.25, 0.3) is 0 Å². The topological polar surface area (TPSA) is 18.5 Å². The number of halogens is 1. The molecule has 1 N–H and O–H groups in total. The smallest absolute Gasteiger partial charge is 0.0440 e. The first-order chi connectivity index (χ1) is 15.5. The van der Waals surface area contributed by atoms with E-state index < -0.39 is 0 Å². The highest BCUT2D eigenvalue weighted by atomic mass is 35.5. The molecule has 0 aromatic heterocycles. The van der Waals surface area contributed by atoms with E-state index in [0.717, 1.165) is 61.9 Å². The second kappa shape index (κ2) is 8.61. The van der Waals surface area contributed by atoms with Gasteiger partial charge in [-0.05, 0) is 106 Å². The van der Waals surface area contributed by atoms with Crippen LogP contribution in [0.4, 0.5) is 11.4 Å². The van der Waals surface area contributed by atoms with Crippen molar-refractivity contribution in [2.24, 2.45) is 0 Å². The Labute approximate surface area is 197 Å². The first kappa shape index (κ1) is 21.6. The fourth-order valence-corrected chi connectivity index (χ4v) is 6.08. The van der Waals surface area contributed by atoms with Crippen molar-refractivity contribution in [2.45, 2.75) is 50.9 Å². The molecule has 3 heterocycles. The number of hydrogen-bond acceptors (Lipinski definition) is 3. The van der Waals surface area contributed by atoms with Crippen LogP contribution in [-0.4, -0.2) is 31.1 Å². The number of fused-ring (bicyclic) bond motifs is 3. The van der Waals surface area contributed by atoms with Gasteiger partial charge in [0.2, 0.25) is 0 Å². The maximum Gasteiger partial charge on any atom is 0.0440 e. The van der Waals surface area contributed by atoms with Gasteiger partial charge in [0.25, 0.3) is 0 Å². The maximum absolute atomic E-state index is 6.32. The number of likely N-dealkylation sites (tertiary alicyclic amines) is 1. The third kappa shape index (κ3) is 3.86. The third-order valence-electron chi connectivity index (χ3n) is 7.73. The molecule has 1 fully saturated rings. The van der Waals surface area contributed by atoms with E-state index in [4.69, 9.17) is 11.6 Å². The minimum atomic E-state index is 0.0460. The predicted molar refractivity (Wildman–Crippen MR) is 137 cm³/mol. The number of aryl methyl sites for hydroxylation is 2. The van der Waals surface area contributed by atoms with E-state index in [2.05, 4.69) is 65.5 Å². The molecule has 0 aliphatic carbocycles. The summed E-state index contributed by atoms with van der Waals surface area (Å²) in [6, 6.07) is 13.3. The number of hydrogen-bond donors (Lipinski definition) is 1. The van der Waals surface area contributed by atoms with Crippen molar-refractivity contribution in [3.05, 3.63) is 82.7 Å². The Morgan fingerprint density at radius 1 is 1.12 bits per heavy atom. The summed E-state index contributed by atoms with van der Waals surface area (Å²) in [6.45, 7) is 15.1. The number of anilines is 2. The second-order valence-corrected chi connectivity index (χ2v) is 10.2. The van der Waals surface area contributed by atoms with Crippen molar-refractivity contribution in [3.8, 4) is 0 Å². The maximum atomic E-state index is 6.32. The van der Waals surface area contributed by atoms with Crippen LogP contribution in [0.5, 0.6) is 0 Å². The molecule has 5 rings (SSSR count). The molecule has 0 amide bonds. The van der Waals surface area contributed by atoms with Crippen LogP contribution in [0.3, 0.4) is 0 Å². The van der Waals surface area contributed by atoms with Gasteiger partial charge in [0.05, 0.1) is 0 Å². The van der Waals surface area contributed by atoms with Crippen LogP contribution in [0.15, 0.2) is 61.0 Å². The SMILES string of the molecule is C=C(C)N1CCCc2cc(CCCN3CCC4(CC3)C(=C)Nc3ccc(Cl)cc34)ccc21. The van der Waals surface area contributed by atoms with Crippen LogP contribution in [0.2, 0.25) is 5.02 Å². The summed E-state index contributed by atoms with van der Waals surface area (Å²) in [7, 11) is 0. The predicted octanol–water partition coefficient (Wildman–Crippen LogP) is 6.53. The zero-order valence-electron chi connectivity index (χ0n) is 19.2. The average Bonchev–Trinajstić information content (AvgIpc) is 3.05. The van der Waals surface area contributed by atoms with Crippen molar-refractivity contribution < 1.29 is 0 Å². The standard InChI is InChI=1S/C28H34ClN3/c1-20(2)32-15-5-7-23-18-22(8-11-27(23)32)6-4-14-31-16-12-28(13-17-31)21(3)30-26-10-9-24(29)19-25(26)28/h8-11,18-19,30H,1,3-7,12-17H2,2H3. The van der Waals surface area contributed by atoms with E-state index in [1.807, 2.05) is 6.07 Å².